The molecule has 3 aromatic rings. The summed E-state index contributed by atoms with van der Waals surface area (Å²) in [5, 5.41) is 13.2. The number of alkyl halides is 1. The van der Waals surface area contributed by atoms with Crippen molar-refractivity contribution in [2.24, 2.45) is 5.92 Å². The number of nitrogen functional groups attached to an aromatic ring is 1. The predicted octanol–water partition coefficient (Wildman–Crippen LogP) is 1.21. The lowest BCUT2D eigenvalue weighted by molar-refractivity contribution is -0.142. The zero-order valence-electron chi connectivity index (χ0n) is 19.6. The number of hydrogen-bond acceptors (Lipinski definition) is 9. The molecule has 0 spiro atoms. The molecule has 12 nitrogen and oxygen atoms in total. The van der Waals surface area contributed by atoms with E-state index in [4.69, 9.17) is 15.2 Å². The number of hydrogen-bond donors (Lipinski definition) is 4. The van der Waals surface area contributed by atoms with E-state index in [9.17, 15) is 23.9 Å². The third kappa shape index (κ3) is 5.21. The predicted molar refractivity (Wildman–Crippen MR) is 125 cm³/mol. The van der Waals surface area contributed by atoms with Crippen LogP contribution < -0.4 is 16.6 Å². The first-order valence-corrected chi connectivity index (χ1v) is 11.4. The first kappa shape index (κ1) is 25.3. The highest BCUT2D eigenvalue weighted by atomic mass is 19.1. The number of nitrogens with zero attached hydrogens (tertiary/aromatic N) is 3. The van der Waals surface area contributed by atoms with Gasteiger partial charge in [0.1, 0.15) is 31.2 Å². The maximum atomic E-state index is 14.9. The summed E-state index contributed by atoms with van der Waals surface area (Å²) >= 11 is 0. The second kappa shape index (κ2) is 10.4. The summed E-state index contributed by atoms with van der Waals surface area (Å²) in [6.45, 7) is 3.33. The number of Topliss-reactive ketones (excluding diaryl/α,β-unsaturated/α-hetero) is 1. The van der Waals surface area contributed by atoms with Crippen LogP contribution in [0.15, 0.2) is 41.5 Å². The van der Waals surface area contributed by atoms with Gasteiger partial charge in [-0.25, -0.2) is 14.2 Å². The highest BCUT2D eigenvalue weighted by Crippen LogP contribution is 2.34. The number of ketones is 1. The normalized spacial score (nSPS) is 21.4. The molecule has 36 heavy (non-hydrogen) atoms. The zero-order chi connectivity index (χ0) is 26.0. The fourth-order valence-corrected chi connectivity index (χ4v) is 4.06. The lowest BCUT2D eigenvalue weighted by Gasteiger charge is -2.26. The standard InChI is InChI=1S/C23H27FN6O6/c1-11(2)15(27-23(34)35-9-12-6-4-3-5-7-12)17(31)18(32)19-13(24)8-14(36-19)30-10-26-16-20(30)28-22(25)29-21(16)33/h3-7,10-11,13-15,18-19,32H,8-9H2,1-2H3,(H,27,34)(H3,25,28,29,33)/t13-,14+,15-,18?,19-/m0/s1. The van der Waals surface area contributed by atoms with E-state index in [2.05, 4.69) is 20.3 Å². The average Bonchev–Trinajstić information content (AvgIpc) is 3.44. The van der Waals surface area contributed by atoms with Gasteiger partial charge in [-0.05, 0) is 11.5 Å². The molecule has 0 saturated carbocycles. The largest absolute Gasteiger partial charge is 0.445 e. The molecular weight excluding hydrogens is 475 g/mol. The van der Waals surface area contributed by atoms with Gasteiger partial charge in [0.25, 0.3) is 5.56 Å². The highest BCUT2D eigenvalue weighted by Gasteiger charge is 2.46. The Kier molecular flexibility index (Phi) is 7.31. The Hall–Kier alpha value is -3.84. The monoisotopic (exact) mass is 502 g/mol. The second-order valence-electron chi connectivity index (χ2n) is 8.86. The third-order valence-electron chi connectivity index (χ3n) is 5.92. The van der Waals surface area contributed by atoms with Crippen LogP contribution in [0, 0.1) is 5.92 Å². The maximum Gasteiger partial charge on any atom is 0.408 e. The molecular formula is C23H27FN6O6. The Bertz CT molecular complexity index is 1300. The number of halogens is 1. The number of aromatic nitrogens is 4. The van der Waals surface area contributed by atoms with E-state index in [0.29, 0.717) is 0 Å². The van der Waals surface area contributed by atoms with Crippen molar-refractivity contribution in [2.45, 2.75) is 57.5 Å². The molecule has 3 heterocycles. The van der Waals surface area contributed by atoms with E-state index < -0.39 is 54.0 Å². The number of carbonyl (C=O) groups excluding carboxylic acids is 2. The summed E-state index contributed by atoms with van der Waals surface area (Å²) in [6, 6.07) is 7.83. The fourth-order valence-electron chi connectivity index (χ4n) is 4.06. The summed E-state index contributed by atoms with van der Waals surface area (Å²) in [7, 11) is 0. The number of aliphatic hydroxyl groups excluding tert-OH is 1. The van der Waals surface area contributed by atoms with Crippen LogP contribution in [0.2, 0.25) is 0 Å². The minimum atomic E-state index is -1.87. The number of H-pyrrole nitrogens is 1. The van der Waals surface area contributed by atoms with Crippen molar-refractivity contribution < 1.29 is 28.6 Å². The van der Waals surface area contributed by atoms with Gasteiger partial charge in [-0.3, -0.25) is 19.1 Å². The number of ether oxygens (including phenoxy) is 2. The molecule has 1 amide bonds. The Balaban J connectivity index is 1.43. The van der Waals surface area contributed by atoms with E-state index in [1.54, 1.807) is 38.1 Å². The van der Waals surface area contributed by atoms with Crippen molar-refractivity contribution in [1.29, 1.82) is 0 Å². The number of nitrogens with two attached hydrogens (primary N) is 1. The Labute approximate surface area is 204 Å². The van der Waals surface area contributed by atoms with Crippen LogP contribution in [0.3, 0.4) is 0 Å². The molecule has 13 heteroatoms. The molecule has 2 aromatic heterocycles. The first-order chi connectivity index (χ1) is 17.2. The van der Waals surface area contributed by atoms with Crippen molar-refractivity contribution in [3.63, 3.8) is 0 Å². The van der Waals surface area contributed by atoms with E-state index in [1.165, 1.54) is 10.9 Å². The van der Waals surface area contributed by atoms with Crippen LogP contribution in [0.25, 0.3) is 11.2 Å². The molecule has 192 valence electrons. The lowest BCUT2D eigenvalue weighted by Crippen LogP contribution is -2.52. The molecule has 5 N–H and O–H groups in total. The Morgan fingerprint density at radius 3 is 2.78 bits per heavy atom. The molecule has 1 aromatic carbocycles. The molecule has 4 rings (SSSR count). The smallest absolute Gasteiger partial charge is 0.408 e. The topological polar surface area (TPSA) is 174 Å². The fraction of sp³-hybridized carbons (Fsp3) is 0.435. The molecule has 0 aliphatic carbocycles. The molecule has 1 aliphatic heterocycles. The SMILES string of the molecule is CC(C)[C@H](NC(=O)OCc1ccccc1)C(=O)C(O)[C@H]1O[C@@H](n2cnc3c(=O)[nH]c(N)nc32)C[C@@H]1F. The van der Waals surface area contributed by atoms with Crippen molar-refractivity contribution in [3.8, 4) is 0 Å². The van der Waals surface area contributed by atoms with Crippen molar-refractivity contribution in [3.05, 3.63) is 52.6 Å². The molecule has 1 saturated heterocycles. The van der Waals surface area contributed by atoms with E-state index in [-0.39, 0.29) is 30.1 Å². The number of anilines is 1. The molecule has 0 bridgehead atoms. The number of fused-ring (bicyclic) bond motifs is 1. The van der Waals surface area contributed by atoms with E-state index in [0.717, 1.165) is 5.56 Å². The quantitative estimate of drug-likeness (QED) is 0.353. The molecule has 0 radical (unpaired) electrons. The van der Waals surface area contributed by atoms with Gasteiger partial charge in [0.15, 0.2) is 16.9 Å². The number of imidazole rings is 1. The second-order valence-corrected chi connectivity index (χ2v) is 8.86. The average molecular weight is 503 g/mol. The highest BCUT2D eigenvalue weighted by molar-refractivity contribution is 5.91. The number of nitrogens with one attached hydrogen (secondary N) is 2. The summed E-state index contributed by atoms with van der Waals surface area (Å²) < 4.78 is 27.1. The third-order valence-corrected chi connectivity index (χ3v) is 5.92. The van der Waals surface area contributed by atoms with E-state index >= 15 is 0 Å². The number of benzene rings is 1. The van der Waals surface area contributed by atoms with Crippen molar-refractivity contribution in [1.82, 2.24) is 24.8 Å². The van der Waals surface area contributed by atoms with Crippen LogP contribution in [0.1, 0.15) is 32.1 Å². The van der Waals surface area contributed by atoms with Gasteiger partial charge >= 0.3 is 6.09 Å². The number of aliphatic hydroxyl groups is 1. The zero-order valence-corrected chi connectivity index (χ0v) is 19.6. The number of alkyl carbamates (subject to hydrolysis) is 1. The van der Waals surface area contributed by atoms with Crippen LogP contribution >= 0.6 is 0 Å². The van der Waals surface area contributed by atoms with Gasteiger partial charge < -0.3 is 25.6 Å². The van der Waals surface area contributed by atoms with Crippen LogP contribution in [-0.4, -0.2) is 60.9 Å². The number of amides is 1. The Morgan fingerprint density at radius 1 is 1.36 bits per heavy atom. The molecule has 5 atom stereocenters. The van der Waals surface area contributed by atoms with Crippen LogP contribution in [0.5, 0.6) is 0 Å². The summed E-state index contributed by atoms with van der Waals surface area (Å²) in [5.41, 5.74) is 5.86. The van der Waals surface area contributed by atoms with E-state index in [1.807, 2.05) is 6.07 Å². The molecule has 1 fully saturated rings. The number of aromatic amines is 1. The van der Waals surface area contributed by atoms with Crippen LogP contribution in [-0.2, 0) is 20.9 Å². The van der Waals surface area contributed by atoms with Gasteiger partial charge in [0, 0.05) is 6.42 Å². The van der Waals surface area contributed by atoms with Gasteiger partial charge in [-0.1, -0.05) is 44.2 Å². The Morgan fingerprint density at radius 2 is 2.08 bits per heavy atom. The van der Waals surface area contributed by atoms with Gasteiger partial charge in [0.2, 0.25) is 5.95 Å². The minimum Gasteiger partial charge on any atom is -0.445 e. The lowest BCUT2D eigenvalue weighted by atomic mass is 9.93. The maximum absolute atomic E-state index is 14.9. The number of carbonyl (C=O) groups is 2. The number of rotatable bonds is 8. The minimum absolute atomic E-state index is 0.00551. The van der Waals surface area contributed by atoms with Crippen LogP contribution in [0.4, 0.5) is 15.1 Å². The van der Waals surface area contributed by atoms with Gasteiger partial charge in [-0.2, -0.15) is 4.98 Å². The molecule has 1 aliphatic rings. The summed E-state index contributed by atoms with van der Waals surface area (Å²) in [5.74, 6) is -1.40. The van der Waals surface area contributed by atoms with Crippen molar-refractivity contribution in [2.75, 3.05) is 5.73 Å². The first-order valence-electron chi connectivity index (χ1n) is 11.4. The molecule has 1 unspecified atom stereocenters. The van der Waals surface area contributed by atoms with Gasteiger partial charge in [0.05, 0.1) is 12.4 Å². The van der Waals surface area contributed by atoms with Gasteiger partial charge in [-0.15, -0.1) is 0 Å². The van der Waals surface area contributed by atoms with Crippen molar-refractivity contribution >= 4 is 29.0 Å². The summed E-state index contributed by atoms with van der Waals surface area (Å²) in [6.07, 6.45) is -5.92. The summed E-state index contributed by atoms with van der Waals surface area (Å²) in [4.78, 5) is 47.7.